The molecule has 100 valence electrons. The summed E-state index contributed by atoms with van der Waals surface area (Å²) in [5.74, 6) is -1.03. The third-order valence-corrected chi connectivity index (χ3v) is 3.26. The first-order valence-corrected chi connectivity index (χ1v) is 5.73. The van der Waals surface area contributed by atoms with Crippen molar-refractivity contribution in [2.75, 3.05) is 18.0 Å². The fraction of sp³-hybridized carbons (Fsp3) is 0.636. The SMILES string of the molecule is Cn1ccnc(N2CCC(C(F)(F)F)CC2)c1=O. The largest absolute Gasteiger partial charge is 0.391 e. The topological polar surface area (TPSA) is 38.1 Å². The number of hydrogen-bond donors (Lipinski definition) is 0. The molecule has 0 aliphatic carbocycles. The normalized spacial score (nSPS) is 18.1. The maximum Gasteiger partial charge on any atom is 0.391 e. The molecule has 7 heteroatoms. The maximum atomic E-state index is 12.5. The minimum absolute atomic E-state index is 0.0171. The number of aromatic nitrogens is 2. The summed E-state index contributed by atoms with van der Waals surface area (Å²) >= 11 is 0. The molecular weight excluding hydrogens is 247 g/mol. The number of piperidine rings is 1. The zero-order valence-electron chi connectivity index (χ0n) is 9.94. The molecule has 2 heterocycles. The summed E-state index contributed by atoms with van der Waals surface area (Å²) in [7, 11) is 1.59. The van der Waals surface area contributed by atoms with Crippen molar-refractivity contribution in [3.8, 4) is 0 Å². The van der Waals surface area contributed by atoms with E-state index in [0.29, 0.717) is 0 Å². The molecule has 0 radical (unpaired) electrons. The minimum atomic E-state index is -4.14. The van der Waals surface area contributed by atoms with E-state index >= 15 is 0 Å². The van der Waals surface area contributed by atoms with Gasteiger partial charge in [-0.05, 0) is 12.8 Å². The van der Waals surface area contributed by atoms with E-state index in [9.17, 15) is 18.0 Å². The lowest BCUT2D eigenvalue weighted by Gasteiger charge is -2.33. The number of hydrogen-bond acceptors (Lipinski definition) is 3. The Morgan fingerprint density at radius 2 is 1.94 bits per heavy atom. The smallest absolute Gasteiger partial charge is 0.352 e. The van der Waals surface area contributed by atoms with Crippen LogP contribution >= 0.6 is 0 Å². The lowest BCUT2D eigenvalue weighted by Crippen LogP contribution is -2.42. The molecule has 0 amide bonds. The van der Waals surface area contributed by atoms with E-state index in [0.717, 1.165) is 0 Å². The van der Waals surface area contributed by atoms with Gasteiger partial charge in [0.2, 0.25) is 0 Å². The molecule has 0 unspecified atom stereocenters. The average molecular weight is 261 g/mol. The summed E-state index contributed by atoms with van der Waals surface area (Å²) < 4.78 is 38.9. The van der Waals surface area contributed by atoms with Gasteiger partial charge in [0.1, 0.15) is 0 Å². The molecule has 0 N–H and O–H groups in total. The van der Waals surface area contributed by atoms with E-state index in [-0.39, 0.29) is 37.3 Å². The summed E-state index contributed by atoms with van der Waals surface area (Å²) in [6.45, 7) is 0.437. The van der Waals surface area contributed by atoms with Crippen molar-refractivity contribution in [2.45, 2.75) is 19.0 Å². The lowest BCUT2D eigenvalue weighted by molar-refractivity contribution is -0.179. The summed E-state index contributed by atoms with van der Waals surface area (Å²) in [6.07, 6.45) is -1.10. The molecule has 4 nitrogen and oxygen atoms in total. The van der Waals surface area contributed by atoms with Gasteiger partial charge < -0.3 is 9.47 Å². The van der Waals surface area contributed by atoms with E-state index < -0.39 is 12.1 Å². The van der Waals surface area contributed by atoms with Gasteiger partial charge in [-0.25, -0.2) is 4.98 Å². The van der Waals surface area contributed by atoms with E-state index in [1.54, 1.807) is 11.9 Å². The fourth-order valence-electron chi connectivity index (χ4n) is 2.12. The molecule has 1 aromatic rings. The monoisotopic (exact) mass is 261 g/mol. The lowest BCUT2D eigenvalue weighted by atomic mass is 9.96. The Balaban J connectivity index is 2.11. The van der Waals surface area contributed by atoms with Gasteiger partial charge in [0.25, 0.3) is 5.56 Å². The molecule has 0 atom stereocenters. The van der Waals surface area contributed by atoms with Gasteiger partial charge in [0.05, 0.1) is 5.92 Å². The quantitative estimate of drug-likeness (QED) is 0.770. The molecule has 1 aliphatic heterocycles. The predicted octanol–water partition coefficient (Wildman–Crippen LogP) is 1.56. The highest BCUT2D eigenvalue weighted by atomic mass is 19.4. The van der Waals surface area contributed by atoms with Crippen LogP contribution in [0.2, 0.25) is 0 Å². The van der Waals surface area contributed by atoms with Crippen molar-refractivity contribution >= 4 is 5.82 Å². The molecule has 0 aromatic carbocycles. The second kappa shape index (κ2) is 4.62. The van der Waals surface area contributed by atoms with Crippen LogP contribution < -0.4 is 10.5 Å². The fourth-order valence-corrected chi connectivity index (χ4v) is 2.12. The van der Waals surface area contributed by atoms with Crippen molar-refractivity contribution in [2.24, 2.45) is 13.0 Å². The van der Waals surface area contributed by atoms with Gasteiger partial charge in [0, 0.05) is 32.5 Å². The summed E-state index contributed by atoms with van der Waals surface area (Å²) in [5.41, 5.74) is -0.275. The zero-order chi connectivity index (χ0) is 13.3. The van der Waals surface area contributed by atoms with Gasteiger partial charge in [0.15, 0.2) is 5.82 Å². The number of alkyl halides is 3. The second-order valence-corrected chi connectivity index (χ2v) is 4.47. The van der Waals surface area contributed by atoms with Gasteiger partial charge in [-0.3, -0.25) is 4.79 Å². The minimum Gasteiger partial charge on any atom is -0.352 e. The highest BCUT2D eigenvalue weighted by Crippen LogP contribution is 2.34. The predicted molar refractivity (Wildman–Crippen MR) is 60.5 cm³/mol. The Kier molecular flexibility index (Phi) is 3.32. The number of aryl methyl sites for hydroxylation is 1. The molecule has 0 bridgehead atoms. The number of halogens is 3. The number of nitrogens with zero attached hydrogens (tertiary/aromatic N) is 3. The molecule has 0 saturated carbocycles. The average Bonchev–Trinajstić information content (AvgIpc) is 2.32. The van der Waals surface area contributed by atoms with Crippen LogP contribution in [-0.2, 0) is 7.05 Å². The first-order chi connectivity index (χ1) is 8.39. The first kappa shape index (κ1) is 12.9. The van der Waals surface area contributed by atoms with Crippen LogP contribution in [0, 0.1) is 5.92 Å². The Hall–Kier alpha value is -1.53. The highest BCUT2D eigenvalue weighted by Gasteiger charge is 2.41. The molecule has 2 rings (SSSR count). The van der Waals surface area contributed by atoms with Crippen molar-refractivity contribution in [3.05, 3.63) is 22.7 Å². The number of rotatable bonds is 1. The van der Waals surface area contributed by atoms with Crippen LogP contribution in [0.25, 0.3) is 0 Å². The molecule has 1 aliphatic rings. The Bertz CT molecular complexity index is 475. The van der Waals surface area contributed by atoms with Crippen LogP contribution in [0.3, 0.4) is 0 Å². The molecule has 1 aromatic heterocycles. The summed E-state index contributed by atoms with van der Waals surface area (Å²) in [4.78, 5) is 17.4. The van der Waals surface area contributed by atoms with E-state index in [4.69, 9.17) is 0 Å². The number of anilines is 1. The van der Waals surface area contributed by atoms with Gasteiger partial charge in [-0.15, -0.1) is 0 Å². The van der Waals surface area contributed by atoms with Crippen LogP contribution in [0.15, 0.2) is 17.2 Å². The Morgan fingerprint density at radius 1 is 1.33 bits per heavy atom. The van der Waals surface area contributed by atoms with E-state index in [1.165, 1.54) is 17.0 Å². The zero-order valence-corrected chi connectivity index (χ0v) is 9.94. The van der Waals surface area contributed by atoms with Crippen molar-refractivity contribution < 1.29 is 13.2 Å². The van der Waals surface area contributed by atoms with Crippen LogP contribution in [0.4, 0.5) is 19.0 Å². The second-order valence-electron chi connectivity index (χ2n) is 4.47. The Morgan fingerprint density at radius 3 is 2.50 bits per heavy atom. The van der Waals surface area contributed by atoms with Crippen molar-refractivity contribution in [1.29, 1.82) is 0 Å². The Labute approximate surface area is 102 Å². The third-order valence-electron chi connectivity index (χ3n) is 3.26. The molecular formula is C11H14F3N3O. The highest BCUT2D eigenvalue weighted by molar-refractivity contribution is 5.36. The molecule has 0 spiro atoms. The van der Waals surface area contributed by atoms with Crippen molar-refractivity contribution in [1.82, 2.24) is 9.55 Å². The van der Waals surface area contributed by atoms with E-state index in [2.05, 4.69) is 4.98 Å². The van der Waals surface area contributed by atoms with Crippen molar-refractivity contribution in [3.63, 3.8) is 0 Å². The van der Waals surface area contributed by atoms with Crippen LogP contribution in [-0.4, -0.2) is 28.8 Å². The maximum absolute atomic E-state index is 12.5. The standard InChI is InChI=1S/C11H14F3N3O/c1-16-7-4-15-9(10(16)18)17-5-2-8(3-6-17)11(12,13)14/h4,7-8H,2-3,5-6H2,1H3. The van der Waals surface area contributed by atoms with E-state index in [1.807, 2.05) is 0 Å². The van der Waals surface area contributed by atoms with Gasteiger partial charge >= 0.3 is 6.18 Å². The van der Waals surface area contributed by atoms with Gasteiger partial charge in [-0.2, -0.15) is 13.2 Å². The molecule has 18 heavy (non-hydrogen) atoms. The van der Waals surface area contributed by atoms with Crippen LogP contribution in [0.5, 0.6) is 0 Å². The third kappa shape index (κ3) is 2.49. The van der Waals surface area contributed by atoms with Crippen LogP contribution in [0.1, 0.15) is 12.8 Å². The van der Waals surface area contributed by atoms with Gasteiger partial charge in [-0.1, -0.05) is 0 Å². The first-order valence-electron chi connectivity index (χ1n) is 5.73. The molecule has 1 saturated heterocycles. The summed E-state index contributed by atoms with van der Waals surface area (Å²) in [6, 6.07) is 0. The molecule has 1 fully saturated rings. The summed E-state index contributed by atoms with van der Waals surface area (Å²) in [5, 5.41) is 0.